The number of ketones is 1. The molecule has 3 aliphatic rings. The molecule has 0 amide bonds. The van der Waals surface area contributed by atoms with Gasteiger partial charge in [-0.15, -0.1) is 22.7 Å². The lowest BCUT2D eigenvalue weighted by Gasteiger charge is -2.30. The number of hydrogen-bond donors (Lipinski definition) is 0. The maximum absolute atomic E-state index is 13.4. The van der Waals surface area contributed by atoms with Crippen LogP contribution in [-0.2, 0) is 30.1 Å². The smallest absolute Gasteiger partial charge is 0.177 e. The molecule has 0 radical (unpaired) electrons. The van der Waals surface area contributed by atoms with Gasteiger partial charge < -0.3 is 52.6 Å². The monoisotopic (exact) mass is 1160 g/mol. The Balaban J connectivity index is 0.905. The molecule has 0 atom stereocenters. The Kier molecular flexibility index (Phi) is 20.9. The zero-order valence-electron chi connectivity index (χ0n) is 47.0. The molecular weight excluding hydrogens is 1090 g/mol. The first-order valence-electron chi connectivity index (χ1n) is 28.0. The number of aromatic nitrogens is 2. The Labute approximate surface area is 493 Å². The predicted octanol–water partition coefficient (Wildman–Crippen LogP) is 12.7. The SMILES string of the molecule is C=Cc1ccc(CC(=O)c2ccc(-c3ccc(-c4ccc(C=Cc5ccc(N6CCOc7cc(C)ccc7N7CCOCCOCCN(CCOCCOCC7)c7ccc(C)cc7OCC6)c(OCCOC)c5)s4)c4nsnc34)s2)cc1. The number of fused-ring (bicyclic) bond motifs is 21. The number of nitrogens with zero attached hydrogens (tertiary/aromatic N) is 5. The summed E-state index contributed by atoms with van der Waals surface area (Å²) < 4.78 is 59.8. The van der Waals surface area contributed by atoms with E-state index < -0.39 is 0 Å². The minimum Gasteiger partial charge on any atom is -0.490 e. The first kappa shape index (κ1) is 58.3. The van der Waals surface area contributed by atoms with Gasteiger partial charge in [0.1, 0.15) is 48.1 Å². The van der Waals surface area contributed by atoms with Crippen LogP contribution in [0.2, 0.25) is 0 Å². The van der Waals surface area contributed by atoms with Crippen molar-refractivity contribution in [2.45, 2.75) is 20.3 Å². The summed E-state index contributed by atoms with van der Waals surface area (Å²) in [6, 6.07) is 39.5. The fraction of sp³-hybridized carbons (Fsp3) is 0.338. The van der Waals surface area contributed by atoms with E-state index in [9.17, 15) is 4.79 Å². The highest BCUT2D eigenvalue weighted by Gasteiger charge is 2.22. The maximum atomic E-state index is 13.4. The Morgan fingerprint density at radius 3 is 1.66 bits per heavy atom. The Hall–Kier alpha value is -6.93. The van der Waals surface area contributed by atoms with Crippen molar-refractivity contribution in [3.8, 4) is 38.1 Å². The van der Waals surface area contributed by atoms with Crippen molar-refractivity contribution in [1.29, 1.82) is 0 Å². The van der Waals surface area contributed by atoms with Crippen LogP contribution >= 0.6 is 34.4 Å². The first-order valence-corrected chi connectivity index (χ1v) is 30.3. The third kappa shape index (κ3) is 15.4. The van der Waals surface area contributed by atoms with Crippen LogP contribution < -0.4 is 28.9 Å². The average molecular weight is 1160 g/mol. The van der Waals surface area contributed by atoms with Crippen LogP contribution in [-0.4, -0.2) is 140 Å². The van der Waals surface area contributed by atoms with Gasteiger partial charge in [-0.05, 0) is 108 Å². The van der Waals surface area contributed by atoms with Crippen LogP contribution in [0.4, 0.5) is 17.1 Å². The summed E-state index contributed by atoms with van der Waals surface area (Å²) in [7, 11) is 1.68. The van der Waals surface area contributed by atoms with E-state index >= 15 is 0 Å². The number of ether oxygens (including phenoxy) is 8. The molecule has 6 heterocycles. The third-order valence-electron chi connectivity index (χ3n) is 14.3. The molecule has 3 aliphatic heterocycles. The largest absolute Gasteiger partial charge is 0.490 e. The number of aryl methyl sites for hydroxylation is 2. The van der Waals surface area contributed by atoms with Crippen molar-refractivity contribution < 1.29 is 42.7 Å². The average Bonchev–Trinajstić information content (AvgIpc) is 4.48. The second kappa shape index (κ2) is 29.4. The summed E-state index contributed by atoms with van der Waals surface area (Å²) in [5, 5.41) is 0. The number of benzene rings is 5. The normalized spacial score (nSPS) is 15.6. The van der Waals surface area contributed by atoms with Crippen LogP contribution in [0, 0.1) is 13.8 Å². The lowest BCUT2D eigenvalue weighted by atomic mass is 10.1. The molecule has 14 nitrogen and oxygen atoms in total. The number of rotatable bonds is 13. The Morgan fingerprint density at radius 2 is 1.09 bits per heavy atom. The minimum atomic E-state index is 0.0885. The van der Waals surface area contributed by atoms with Gasteiger partial charge >= 0.3 is 0 Å². The zero-order chi connectivity index (χ0) is 56.5. The lowest BCUT2D eigenvalue weighted by Crippen LogP contribution is -2.34. The highest BCUT2D eigenvalue weighted by molar-refractivity contribution is 7.17. The molecule has 0 spiro atoms. The van der Waals surface area contributed by atoms with Crippen LogP contribution in [0.3, 0.4) is 0 Å². The lowest BCUT2D eigenvalue weighted by molar-refractivity contribution is 0.0435. The van der Waals surface area contributed by atoms with Gasteiger partial charge in [-0.2, -0.15) is 8.75 Å². The minimum absolute atomic E-state index is 0.0885. The Morgan fingerprint density at radius 1 is 0.561 bits per heavy atom. The van der Waals surface area contributed by atoms with Crippen LogP contribution in [0.25, 0.3) is 50.1 Å². The molecule has 3 aromatic heterocycles. The third-order valence-corrected chi connectivity index (χ3v) is 17.0. The number of carbonyl (C=O) groups excluding carboxylic acids is 1. The molecule has 8 aromatic rings. The molecule has 0 N–H and O–H groups in total. The topological polar surface area (TPSA) is 126 Å². The van der Waals surface area contributed by atoms with E-state index in [-0.39, 0.29) is 5.78 Å². The molecule has 2 bridgehead atoms. The van der Waals surface area contributed by atoms with Gasteiger partial charge in [-0.25, -0.2) is 0 Å². The van der Waals surface area contributed by atoms with Crippen LogP contribution in [0.1, 0.15) is 42.4 Å². The van der Waals surface area contributed by atoms with Crippen molar-refractivity contribution in [2.75, 3.05) is 140 Å². The molecule has 0 saturated carbocycles. The molecule has 82 heavy (non-hydrogen) atoms. The summed E-state index contributed by atoms with van der Waals surface area (Å²) in [6.45, 7) is 17.4. The van der Waals surface area contributed by atoms with E-state index in [1.165, 1.54) is 23.1 Å². The van der Waals surface area contributed by atoms with E-state index in [0.717, 1.165) is 104 Å². The summed E-state index contributed by atoms with van der Waals surface area (Å²) >= 11 is 4.39. The van der Waals surface area contributed by atoms with E-state index in [1.807, 2.05) is 36.4 Å². The predicted molar refractivity (Wildman–Crippen MR) is 335 cm³/mol. The number of carbonyl (C=O) groups is 1. The number of thiophene rings is 2. The molecule has 1 saturated heterocycles. The van der Waals surface area contributed by atoms with Gasteiger partial charge in [0.25, 0.3) is 0 Å². The van der Waals surface area contributed by atoms with Crippen molar-refractivity contribution in [3.05, 3.63) is 159 Å². The molecule has 5 aromatic carbocycles. The van der Waals surface area contributed by atoms with Gasteiger partial charge in [0.2, 0.25) is 0 Å². The second-order valence-corrected chi connectivity index (χ2v) is 22.7. The molecular formula is C65H71N5O9S3. The Bertz CT molecular complexity index is 3310. The maximum Gasteiger partial charge on any atom is 0.177 e. The summed E-state index contributed by atoms with van der Waals surface area (Å²) in [5.41, 5.74) is 11.7. The second-order valence-electron chi connectivity index (χ2n) is 20.0. The molecule has 0 unspecified atom stereocenters. The highest BCUT2D eigenvalue weighted by atomic mass is 32.1. The van der Waals surface area contributed by atoms with Crippen molar-refractivity contribution >= 4 is 86.5 Å². The van der Waals surface area contributed by atoms with Crippen molar-refractivity contribution in [2.24, 2.45) is 0 Å². The van der Waals surface area contributed by atoms with E-state index in [0.29, 0.717) is 125 Å². The van der Waals surface area contributed by atoms with Gasteiger partial charge in [0.05, 0.1) is 106 Å². The summed E-state index contributed by atoms with van der Waals surface area (Å²) in [6.07, 6.45) is 6.41. The summed E-state index contributed by atoms with van der Waals surface area (Å²) in [4.78, 5) is 24.1. The van der Waals surface area contributed by atoms with Crippen molar-refractivity contribution in [1.82, 2.24) is 8.75 Å². The number of Topliss-reactive ketones (excluding diaryl/α,β-unsaturated/α-hetero) is 1. The molecule has 1 fully saturated rings. The zero-order valence-corrected chi connectivity index (χ0v) is 49.4. The van der Waals surface area contributed by atoms with E-state index in [2.05, 4.69) is 126 Å². The highest BCUT2D eigenvalue weighted by Crippen LogP contribution is 2.41. The van der Waals surface area contributed by atoms with Crippen LogP contribution in [0.15, 0.2) is 122 Å². The molecule has 11 rings (SSSR count). The summed E-state index contributed by atoms with van der Waals surface area (Å²) in [5.74, 6) is 2.41. The number of anilines is 3. The quantitative estimate of drug-likeness (QED) is 0.0617. The first-order chi connectivity index (χ1) is 40.3. The van der Waals surface area contributed by atoms with Crippen molar-refractivity contribution in [3.63, 3.8) is 0 Å². The van der Waals surface area contributed by atoms with Crippen LogP contribution in [0.5, 0.6) is 17.2 Å². The number of hydrogen-bond acceptors (Lipinski definition) is 17. The van der Waals surface area contributed by atoms with E-state index in [1.54, 1.807) is 24.5 Å². The number of methoxy groups -OCH3 is 1. The van der Waals surface area contributed by atoms with Gasteiger partial charge in [-0.1, -0.05) is 73.3 Å². The van der Waals surface area contributed by atoms with Gasteiger partial charge in [0, 0.05) is 65.5 Å². The fourth-order valence-electron chi connectivity index (χ4n) is 9.88. The van der Waals surface area contributed by atoms with Gasteiger partial charge in [0.15, 0.2) is 5.78 Å². The van der Waals surface area contributed by atoms with Gasteiger partial charge in [-0.3, -0.25) is 4.79 Å². The van der Waals surface area contributed by atoms with E-state index in [4.69, 9.17) is 46.6 Å². The molecule has 428 valence electrons. The molecule has 0 aliphatic carbocycles. The standard InChI is InChI=1S/C65H71N5O9S3/c1-5-48-8-10-49(11-9-48)44-57(71)63-23-22-62(81-63)53-17-16-52(64-65(53)67-82-66-64)61-21-15-51(80-61)14-12-50-13-20-56(60(45-50)79-41-36-72-4)70-28-34-77-58-42-46(2)6-18-54(58)68-24-30-73-37-39-75-32-26-69(27-33-76-40-38-74-31-25-68)55-19-7-47(3)43-59(55)78-35-29-70/h5-23,42-43,45H,1,24-41,44H2,2-4H3. The molecule has 17 heteroatoms. The fourth-order valence-corrected chi connectivity index (χ4v) is 12.4.